The molecule has 0 saturated carbocycles. The predicted octanol–water partition coefficient (Wildman–Crippen LogP) is 4.48. The number of fused-ring (bicyclic) bond motifs is 1. The number of nitrogens with one attached hydrogen (secondary N) is 2. The van der Waals surface area contributed by atoms with Crippen LogP contribution in [0.15, 0.2) is 72.8 Å². The Balaban J connectivity index is 1.61. The van der Waals surface area contributed by atoms with Crippen LogP contribution in [0.4, 0.5) is 11.4 Å². The Morgan fingerprint density at radius 1 is 0.875 bits per heavy atom. The summed E-state index contributed by atoms with van der Waals surface area (Å²) < 4.78 is 0. The van der Waals surface area contributed by atoms with Crippen LogP contribution < -0.4 is 15.8 Å². The monoisotopic (exact) mass is 448 g/mol. The van der Waals surface area contributed by atoms with E-state index >= 15 is 0 Å². The number of carbonyl (C=O) groups is 1. The first-order chi connectivity index (χ1) is 15.4. The van der Waals surface area contributed by atoms with Crippen LogP contribution in [0.5, 0.6) is 0 Å². The molecule has 162 valence electrons. The maximum Gasteiger partial charge on any atom is 0.269 e. The molecule has 0 aliphatic carbocycles. The Hall–Kier alpha value is -3.26. The van der Waals surface area contributed by atoms with Crippen LogP contribution in [-0.4, -0.2) is 16.9 Å². The molecular weight excluding hydrogens is 428 g/mol. The van der Waals surface area contributed by atoms with E-state index < -0.39 is 11.0 Å². The van der Waals surface area contributed by atoms with Gasteiger partial charge in [-0.2, -0.15) is 0 Å². The van der Waals surface area contributed by atoms with Gasteiger partial charge in [0.2, 0.25) is 5.91 Å². The number of halogens is 1. The molecule has 2 saturated heterocycles. The lowest BCUT2D eigenvalue weighted by molar-refractivity contribution is -0.384. The standard InChI is InChI=1S/C24H21ClN4O3/c1-14-2-4-15(5-3-14)21-20-22(27-26-21)24(30)28(18-12-8-17(25)9-13-18)23(20)16-6-10-19(11-7-16)29(31)32/h2-13,20-23,26-27H,1H3. The molecule has 1 amide bonds. The maximum absolute atomic E-state index is 13.5. The Labute approximate surface area is 190 Å². The van der Waals surface area contributed by atoms with E-state index in [1.807, 2.05) is 19.1 Å². The van der Waals surface area contributed by atoms with Gasteiger partial charge in [0.15, 0.2) is 0 Å². The van der Waals surface area contributed by atoms with Gasteiger partial charge in [0.25, 0.3) is 5.69 Å². The van der Waals surface area contributed by atoms with Crippen LogP contribution in [-0.2, 0) is 4.79 Å². The van der Waals surface area contributed by atoms with E-state index in [9.17, 15) is 14.9 Å². The predicted molar refractivity (Wildman–Crippen MR) is 122 cm³/mol. The van der Waals surface area contributed by atoms with Crippen molar-refractivity contribution < 1.29 is 9.72 Å². The summed E-state index contributed by atoms with van der Waals surface area (Å²) in [5.74, 6) is -0.176. The summed E-state index contributed by atoms with van der Waals surface area (Å²) in [7, 11) is 0. The van der Waals surface area contributed by atoms with Crippen LogP contribution in [0.2, 0.25) is 5.02 Å². The number of nitro groups is 1. The van der Waals surface area contributed by atoms with Crippen LogP contribution in [0.25, 0.3) is 0 Å². The third-order valence-corrected chi connectivity index (χ3v) is 6.55. The molecule has 0 spiro atoms. The number of hydrazine groups is 1. The minimum absolute atomic E-state index is 0.0189. The molecule has 8 heteroatoms. The minimum atomic E-state index is -0.433. The summed E-state index contributed by atoms with van der Waals surface area (Å²) >= 11 is 6.08. The number of nitrogens with zero attached hydrogens (tertiary/aromatic N) is 2. The second-order valence-corrected chi connectivity index (χ2v) is 8.65. The van der Waals surface area contributed by atoms with Crippen molar-refractivity contribution in [3.8, 4) is 0 Å². The number of rotatable bonds is 4. The highest BCUT2D eigenvalue weighted by Gasteiger charge is 2.56. The SMILES string of the molecule is Cc1ccc(C2NNC3C(=O)N(c4ccc(Cl)cc4)C(c4ccc([N+](=O)[O-])cc4)C32)cc1. The highest BCUT2D eigenvalue weighted by Crippen LogP contribution is 2.49. The number of benzene rings is 3. The molecule has 2 N–H and O–H groups in total. The summed E-state index contributed by atoms with van der Waals surface area (Å²) in [6, 6.07) is 21.0. The van der Waals surface area contributed by atoms with Crippen molar-refractivity contribution in [1.82, 2.24) is 10.9 Å². The van der Waals surface area contributed by atoms with Crippen molar-refractivity contribution in [2.24, 2.45) is 5.92 Å². The average Bonchev–Trinajstić information content (AvgIpc) is 3.34. The lowest BCUT2D eigenvalue weighted by Crippen LogP contribution is -2.41. The Morgan fingerprint density at radius 3 is 2.09 bits per heavy atom. The first kappa shape index (κ1) is 20.6. The Morgan fingerprint density at radius 2 is 1.47 bits per heavy atom. The van der Waals surface area contributed by atoms with E-state index in [1.54, 1.807) is 29.2 Å². The molecule has 2 heterocycles. The lowest BCUT2D eigenvalue weighted by Gasteiger charge is -2.31. The van der Waals surface area contributed by atoms with Gasteiger partial charge in [-0.05, 0) is 42.3 Å². The topological polar surface area (TPSA) is 87.5 Å². The van der Waals surface area contributed by atoms with E-state index in [-0.39, 0.29) is 29.6 Å². The first-order valence-electron chi connectivity index (χ1n) is 10.3. The highest BCUT2D eigenvalue weighted by atomic mass is 35.5. The molecule has 0 aromatic heterocycles. The van der Waals surface area contributed by atoms with Gasteiger partial charge in [-0.3, -0.25) is 14.9 Å². The normalized spacial score (nSPS) is 24.6. The number of anilines is 1. The molecule has 7 nitrogen and oxygen atoms in total. The van der Waals surface area contributed by atoms with Gasteiger partial charge < -0.3 is 4.90 Å². The zero-order chi connectivity index (χ0) is 22.4. The molecule has 0 bridgehead atoms. The molecule has 4 atom stereocenters. The van der Waals surface area contributed by atoms with Crippen LogP contribution in [0.1, 0.15) is 28.8 Å². The average molecular weight is 449 g/mol. The molecule has 0 radical (unpaired) electrons. The summed E-state index contributed by atoms with van der Waals surface area (Å²) in [5.41, 5.74) is 10.3. The molecule has 32 heavy (non-hydrogen) atoms. The minimum Gasteiger partial charge on any atom is -0.303 e. The van der Waals surface area contributed by atoms with Gasteiger partial charge in [-0.15, -0.1) is 0 Å². The number of aryl methyl sites for hydroxylation is 1. The van der Waals surface area contributed by atoms with Gasteiger partial charge in [0.1, 0.15) is 6.04 Å². The molecule has 3 aromatic carbocycles. The van der Waals surface area contributed by atoms with Crippen LogP contribution >= 0.6 is 11.6 Å². The zero-order valence-electron chi connectivity index (χ0n) is 17.2. The fourth-order valence-corrected chi connectivity index (χ4v) is 4.87. The van der Waals surface area contributed by atoms with E-state index in [2.05, 4.69) is 35.1 Å². The number of carbonyl (C=O) groups excluding carboxylic acids is 1. The van der Waals surface area contributed by atoms with E-state index in [0.717, 1.165) is 22.4 Å². The summed E-state index contributed by atoms with van der Waals surface area (Å²) in [6.45, 7) is 2.04. The first-order valence-corrected chi connectivity index (χ1v) is 10.7. The molecule has 2 fully saturated rings. The molecule has 5 rings (SSSR count). The van der Waals surface area contributed by atoms with E-state index in [4.69, 9.17) is 11.6 Å². The zero-order valence-corrected chi connectivity index (χ0v) is 18.0. The smallest absolute Gasteiger partial charge is 0.269 e. The third kappa shape index (κ3) is 3.44. The summed E-state index contributed by atoms with van der Waals surface area (Å²) in [6.07, 6.45) is 0. The fourth-order valence-electron chi connectivity index (χ4n) is 4.75. The van der Waals surface area contributed by atoms with Gasteiger partial charge in [0.05, 0.1) is 17.0 Å². The summed E-state index contributed by atoms with van der Waals surface area (Å²) in [4.78, 5) is 26.1. The van der Waals surface area contributed by atoms with Crippen molar-refractivity contribution in [3.63, 3.8) is 0 Å². The summed E-state index contributed by atoms with van der Waals surface area (Å²) in [5, 5.41) is 11.7. The van der Waals surface area contributed by atoms with Gasteiger partial charge in [-0.1, -0.05) is 53.6 Å². The molecule has 2 aliphatic heterocycles. The van der Waals surface area contributed by atoms with E-state index in [1.165, 1.54) is 12.1 Å². The van der Waals surface area contributed by atoms with Crippen molar-refractivity contribution in [2.75, 3.05) is 4.90 Å². The van der Waals surface area contributed by atoms with Crippen molar-refractivity contribution in [3.05, 3.63) is 105 Å². The molecule has 2 aliphatic rings. The van der Waals surface area contributed by atoms with E-state index in [0.29, 0.717) is 5.02 Å². The number of amides is 1. The largest absolute Gasteiger partial charge is 0.303 e. The van der Waals surface area contributed by atoms with Gasteiger partial charge in [-0.25, -0.2) is 10.9 Å². The Kier molecular flexibility index (Phi) is 5.17. The highest BCUT2D eigenvalue weighted by molar-refractivity contribution is 6.30. The molecular formula is C24H21ClN4O3. The lowest BCUT2D eigenvalue weighted by atomic mass is 9.83. The molecule has 3 aromatic rings. The van der Waals surface area contributed by atoms with Crippen molar-refractivity contribution >= 4 is 28.9 Å². The number of hydrogen-bond acceptors (Lipinski definition) is 5. The fraction of sp³-hybridized carbons (Fsp3) is 0.208. The Bertz CT molecular complexity index is 1170. The van der Waals surface area contributed by atoms with Crippen molar-refractivity contribution in [1.29, 1.82) is 0 Å². The maximum atomic E-state index is 13.5. The molecule has 4 unspecified atom stereocenters. The van der Waals surface area contributed by atoms with Gasteiger partial charge in [0, 0.05) is 28.8 Å². The van der Waals surface area contributed by atoms with Crippen LogP contribution in [0, 0.1) is 23.0 Å². The second kappa shape index (κ2) is 8.02. The quantitative estimate of drug-likeness (QED) is 0.454. The third-order valence-electron chi connectivity index (χ3n) is 6.30. The number of nitro benzene ring substituents is 1. The second-order valence-electron chi connectivity index (χ2n) is 8.21. The van der Waals surface area contributed by atoms with Gasteiger partial charge >= 0.3 is 0 Å². The number of hydrogen-bond donors (Lipinski definition) is 2. The van der Waals surface area contributed by atoms with Crippen molar-refractivity contribution in [2.45, 2.75) is 25.0 Å². The number of non-ortho nitro benzene ring substituents is 1. The van der Waals surface area contributed by atoms with Crippen LogP contribution in [0.3, 0.4) is 0 Å².